The number of carbonyl (C=O) groups excluding carboxylic acids is 1. The lowest BCUT2D eigenvalue weighted by Crippen LogP contribution is -2.21. The van der Waals surface area contributed by atoms with Crippen LogP contribution in [0, 0.1) is 0 Å². The first-order valence-corrected chi connectivity index (χ1v) is 10.3. The predicted octanol–water partition coefficient (Wildman–Crippen LogP) is 5.48. The summed E-state index contributed by atoms with van der Waals surface area (Å²) in [5.74, 6) is -0.233. The number of amides is 1. The van der Waals surface area contributed by atoms with E-state index in [1.54, 1.807) is 24.3 Å². The van der Waals surface area contributed by atoms with Gasteiger partial charge in [0.05, 0.1) is 16.8 Å². The fourth-order valence-electron chi connectivity index (χ4n) is 3.63. The van der Waals surface area contributed by atoms with E-state index in [1.165, 1.54) is 17.1 Å². The lowest BCUT2D eigenvalue weighted by Gasteiger charge is -2.12. The molecule has 33 heavy (non-hydrogen) atoms. The van der Waals surface area contributed by atoms with Crippen molar-refractivity contribution in [1.82, 2.24) is 0 Å². The van der Waals surface area contributed by atoms with Crippen LogP contribution >= 0.6 is 0 Å². The molecule has 1 aliphatic rings. The lowest BCUT2D eigenvalue weighted by molar-refractivity contribution is -0.114. The molecule has 0 bridgehead atoms. The minimum Gasteiger partial charge on any atom is -0.478 e. The Morgan fingerprint density at radius 3 is 2.24 bits per heavy atom. The highest BCUT2D eigenvalue weighted by molar-refractivity contribution is 6.37. The van der Waals surface area contributed by atoms with E-state index in [0.717, 1.165) is 11.1 Å². The van der Waals surface area contributed by atoms with Gasteiger partial charge in [-0.2, -0.15) is 10.1 Å². The van der Waals surface area contributed by atoms with Crippen LogP contribution in [0.25, 0.3) is 17.4 Å². The molecule has 160 valence electrons. The summed E-state index contributed by atoms with van der Waals surface area (Å²) in [7, 11) is 0. The van der Waals surface area contributed by atoms with Crippen LogP contribution in [0.15, 0.2) is 112 Å². The van der Waals surface area contributed by atoms with Crippen LogP contribution in [0.4, 0.5) is 5.69 Å². The van der Waals surface area contributed by atoms with Gasteiger partial charge in [-0.3, -0.25) is 4.79 Å². The van der Waals surface area contributed by atoms with Gasteiger partial charge in [0, 0.05) is 11.1 Å². The van der Waals surface area contributed by atoms with E-state index in [4.69, 9.17) is 4.42 Å². The molecular formula is C27H18N2O4. The maximum atomic E-state index is 13.4. The predicted molar refractivity (Wildman–Crippen MR) is 126 cm³/mol. The quantitative estimate of drug-likeness (QED) is 0.422. The molecule has 0 saturated heterocycles. The van der Waals surface area contributed by atoms with Crippen molar-refractivity contribution in [3.05, 3.63) is 120 Å². The number of furan rings is 1. The first kappa shape index (κ1) is 20.2. The molecule has 0 atom stereocenters. The van der Waals surface area contributed by atoms with Crippen LogP contribution in [0.1, 0.15) is 21.7 Å². The number of rotatable bonds is 5. The van der Waals surface area contributed by atoms with Crippen molar-refractivity contribution < 1.29 is 19.1 Å². The fraction of sp³-hybridized carbons (Fsp3) is 0. The number of hydrogen-bond acceptors (Lipinski definition) is 4. The molecule has 4 aromatic rings. The van der Waals surface area contributed by atoms with E-state index in [-0.39, 0.29) is 11.5 Å². The molecule has 3 aromatic carbocycles. The van der Waals surface area contributed by atoms with Crippen LogP contribution < -0.4 is 5.01 Å². The zero-order valence-electron chi connectivity index (χ0n) is 17.4. The Labute approximate surface area is 189 Å². The Hall–Kier alpha value is -4.71. The molecule has 0 aliphatic carbocycles. The van der Waals surface area contributed by atoms with Crippen LogP contribution in [-0.2, 0) is 4.79 Å². The van der Waals surface area contributed by atoms with E-state index < -0.39 is 5.97 Å². The molecule has 1 aromatic heterocycles. The Morgan fingerprint density at radius 1 is 0.848 bits per heavy atom. The second-order valence-electron chi connectivity index (χ2n) is 7.41. The first-order valence-electron chi connectivity index (χ1n) is 10.3. The van der Waals surface area contributed by atoms with E-state index in [1.807, 2.05) is 66.7 Å². The van der Waals surface area contributed by atoms with Crippen molar-refractivity contribution >= 4 is 29.4 Å². The summed E-state index contributed by atoms with van der Waals surface area (Å²) in [5, 5.41) is 15.1. The topological polar surface area (TPSA) is 83.1 Å². The second-order valence-corrected chi connectivity index (χ2v) is 7.41. The molecular weight excluding hydrogens is 416 g/mol. The zero-order chi connectivity index (χ0) is 22.8. The fourth-order valence-corrected chi connectivity index (χ4v) is 3.63. The van der Waals surface area contributed by atoms with Crippen LogP contribution in [-0.4, -0.2) is 22.7 Å². The molecule has 6 heteroatoms. The van der Waals surface area contributed by atoms with E-state index >= 15 is 0 Å². The van der Waals surface area contributed by atoms with E-state index in [0.29, 0.717) is 28.5 Å². The third-order valence-electron chi connectivity index (χ3n) is 5.23. The summed E-state index contributed by atoms with van der Waals surface area (Å²) in [6.07, 6.45) is 1.67. The minimum atomic E-state index is -1.07. The molecule has 0 radical (unpaired) electrons. The second kappa shape index (κ2) is 8.43. The van der Waals surface area contributed by atoms with Crippen LogP contribution in [0.5, 0.6) is 0 Å². The molecule has 0 saturated carbocycles. The first-order chi connectivity index (χ1) is 16.1. The summed E-state index contributed by atoms with van der Waals surface area (Å²) in [6.45, 7) is 0. The third kappa shape index (κ3) is 3.97. The Morgan fingerprint density at radius 2 is 1.55 bits per heavy atom. The van der Waals surface area contributed by atoms with Gasteiger partial charge in [0.15, 0.2) is 0 Å². The third-order valence-corrected chi connectivity index (χ3v) is 5.23. The molecule has 0 fully saturated rings. The molecule has 5 rings (SSSR count). The standard InChI is InChI=1S/C27H18N2O4/c30-26-23(17-22-14-15-24(33-22)18-8-3-1-4-9-18)25(19-10-5-2-6-11-19)28-29(26)21-13-7-12-20(16-21)27(31)32/h1-17H,(H,31,32). The summed E-state index contributed by atoms with van der Waals surface area (Å²) in [4.78, 5) is 24.8. The van der Waals surface area contributed by atoms with Gasteiger partial charge in [0.25, 0.3) is 5.91 Å². The number of benzene rings is 3. The number of hydrogen-bond donors (Lipinski definition) is 1. The Bertz CT molecular complexity index is 1400. The number of carbonyl (C=O) groups is 2. The van der Waals surface area contributed by atoms with E-state index in [9.17, 15) is 14.7 Å². The van der Waals surface area contributed by atoms with Gasteiger partial charge in [-0.25, -0.2) is 4.79 Å². The van der Waals surface area contributed by atoms with Gasteiger partial charge in [-0.05, 0) is 36.4 Å². The molecule has 1 amide bonds. The monoisotopic (exact) mass is 434 g/mol. The van der Waals surface area contributed by atoms with Crippen molar-refractivity contribution in [3.8, 4) is 11.3 Å². The van der Waals surface area contributed by atoms with Gasteiger partial charge >= 0.3 is 5.97 Å². The maximum absolute atomic E-state index is 13.4. The number of hydrazone groups is 1. The summed E-state index contributed by atoms with van der Waals surface area (Å²) < 4.78 is 5.98. The molecule has 2 heterocycles. The van der Waals surface area contributed by atoms with Gasteiger partial charge < -0.3 is 9.52 Å². The van der Waals surface area contributed by atoms with Crippen molar-refractivity contribution in [1.29, 1.82) is 0 Å². The summed E-state index contributed by atoms with van der Waals surface area (Å²) in [5.41, 5.74) is 3.00. The largest absolute Gasteiger partial charge is 0.478 e. The van der Waals surface area contributed by atoms with Crippen LogP contribution in [0.2, 0.25) is 0 Å². The van der Waals surface area contributed by atoms with Crippen LogP contribution in [0.3, 0.4) is 0 Å². The zero-order valence-corrected chi connectivity index (χ0v) is 17.4. The smallest absolute Gasteiger partial charge is 0.335 e. The Kier molecular flexibility index (Phi) is 5.16. The highest BCUT2D eigenvalue weighted by Crippen LogP contribution is 2.30. The highest BCUT2D eigenvalue weighted by Gasteiger charge is 2.32. The van der Waals surface area contributed by atoms with Crippen molar-refractivity contribution in [3.63, 3.8) is 0 Å². The molecule has 1 aliphatic heterocycles. The van der Waals surface area contributed by atoms with Gasteiger partial charge in [-0.1, -0.05) is 66.7 Å². The summed E-state index contributed by atoms with van der Waals surface area (Å²) in [6, 6.07) is 28.9. The minimum absolute atomic E-state index is 0.0766. The number of carboxylic acid groups (broad SMARTS) is 1. The van der Waals surface area contributed by atoms with Gasteiger partial charge in [0.2, 0.25) is 0 Å². The van der Waals surface area contributed by atoms with E-state index in [2.05, 4.69) is 5.10 Å². The molecule has 0 unspecified atom stereocenters. The normalized spacial score (nSPS) is 14.5. The van der Waals surface area contributed by atoms with Crippen molar-refractivity contribution in [2.45, 2.75) is 0 Å². The molecule has 1 N–H and O–H groups in total. The van der Waals surface area contributed by atoms with Crippen molar-refractivity contribution in [2.75, 3.05) is 5.01 Å². The number of nitrogens with zero attached hydrogens (tertiary/aromatic N) is 2. The summed E-state index contributed by atoms with van der Waals surface area (Å²) >= 11 is 0. The van der Waals surface area contributed by atoms with Gasteiger partial charge in [-0.15, -0.1) is 0 Å². The van der Waals surface area contributed by atoms with Gasteiger partial charge in [0.1, 0.15) is 17.2 Å². The average molecular weight is 434 g/mol. The molecule has 0 spiro atoms. The number of anilines is 1. The SMILES string of the molecule is O=C(O)c1cccc(N2N=C(c3ccccc3)C(=Cc3ccc(-c4ccccc4)o3)C2=O)c1. The lowest BCUT2D eigenvalue weighted by atomic mass is 10.0. The highest BCUT2D eigenvalue weighted by atomic mass is 16.4. The average Bonchev–Trinajstić information content (AvgIpc) is 3.45. The molecule has 6 nitrogen and oxygen atoms in total. The maximum Gasteiger partial charge on any atom is 0.335 e. The Balaban J connectivity index is 1.57. The van der Waals surface area contributed by atoms with Crippen molar-refractivity contribution in [2.24, 2.45) is 5.10 Å². The number of carboxylic acids is 1. The number of aromatic carboxylic acids is 1.